The van der Waals surface area contributed by atoms with E-state index in [-0.39, 0.29) is 19.2 Å². The smallest absolute Gasteiger partial charge is 0.183 e. The minimum Gasteiger partial charge on any atom is -0.397 e. The van der Waals surface area contributed by atoms with Crippen molar-refractivity contribution in [3.63, 3.8) is 0 Å². The van der Waals surface area contributed by atoms with E-state index in [1.807, 2.05) is 0 Å². The van der Waals surface area contributed by atoms with E-state index in [2.05, 4.69) is 24.1 Å². The molecule has 0 bridgehead atoms. The lowest BCUT2D eigenvalue weighted by Gasteiger charge is -1.69. The molecule has 7 N–H and O–H groups in total. The molecule has 0 heterocycles. The number of rotatable bonds is 0. The third-order valence-corrected chi connectivity index (χ3v) is 0. The van der Waals surface area contributed by atoms with Crippen molar-refractivity contribution < 1.29 is 10.2 Å². The molecule has 7 heteroatoms. The number of aliphatic hydroxyl groups excluding tert-OH is 2. The van der Waals surface area contributed by atoms with Crippen molar-refractivity contribution in [2.75, 3.05) is 13.2 Å². The van der Waals surface area contributed by atoms with E-state index in [0.29, 0.717) is 0 Å². The van der Waals surface area contributed by atoms with Gasteiger partial charge in [-0.2, -0.15) is 5.26 Å². The van der Waals surface area contributed by atoms with E-state index in [4.69, 9.17) is 20.9 Å². The molecule has 0 aromatic heterocycles. The SMILES string of the molecule is CCO.CCO.N#CS.N=C(N)N. The van der Waals surface area contributed by atoms with Gasteiger partial charge in [0, 0.05) is 13.2 Å². The molecule has 0 fully saturated rings. The van der Waals surface area contributed by atoms with Gasteiger partial charge in [-0.1, -0.05) is 12.6 Å². The maximum Gasteiger partial charge on any atom is 0.183 e. The van der Waals surface area contributed by atoms with Crippen LogP contribution in [0.15, 0.2) is 0 Å². The standard InChI is InChI=1S/2C2H6O.CH5N3.CHNS/c2*1-2-3;2-1(3)4;2-1-3/h2*3H,2H2,1H3;(H5,2,3,4);3H. The van der Waals surface area contributed by atoms with E-state index >= 15 is 0 Å². The topological polar surface area (TPSA) is 140 Å². The second-order valence-electron chi connectivity index (χ2n) is 1.19. The summed E-state index contributed by atoms with van der Waals surface area (Å²) in [6.45, 7) is 3.86. The third-order valence-electron chi connectivity index (χ3n) is 0. The van der Waals surface area contributed by atoms with Gasteiger partial charge < -0.3 is 21.7 Å². The summed E-state index contributed by atoms with van der Waals surface area (Å²) in [5.74, 6) is -0.333. The normalized spacial score (nSPS) is 5.23. The van der Waals surface area contributed by atoms with Crippen LogP contribution in [0.1, 0.15) is 13.8 Å². The second-order valence-corrected chi connectivity index (χ2v) is 1.39. The van der Waals surface area contributed by atoms with E-state index in [0.717, 1.165) is 0 Å². The first-order chi connectivity index (χ1) is 5.97. The maximum atomic E-state index is 7.57. The van der Waals surface area contributed by atoms with Crippen LogP contribution in [-0.4, -0.2) is 29.4 Å². The number of thiol groups is 1. The Morgan fingerprint density at radius 3 is 1.38 bits per heavy atom. The molecular formula is C6H18N4O2S. The highest BCUT2D eigenvalue weighted by Gasteiger charge is 1.52. The highest BCUT2D eigenvalue weighted by Crippen LogP contribution is 1.46. The van der Waals surface area contributed by atoms with Crippen LogP contribution in [0.2, 0.25) is 0 Å². The summed E-state index contributed by atoms with van der Waals surface area (Å²) in [7, 11) is 0. The van der Waals surface area contributed by atoms with Crippen molar-refractivity contribution in [2.24, 2.45) is 11.5 Å². The molecule has 0 aromatic rings. The maximum absolute atomic E-state index is 7.57. The van der Waals surface area contributed by atoms with Crippen LogP contribution >= 0.6 is 12.6 Å². The van der Waals surface area contributed by atoms with Crippen molar-refractivity contribution >= 4 is 18.6 Å². The Bertz CT molecular complexity index is 110. The number of nitrogens with zero attached hydrogens (tertiary/aromatic N) is 1. The van der Waals surface area contributed by atoms with Crippen LogP contribution in [0.5, 0.6) is 0 Å². The molecule has 0 amide bonds. The van der Waals surface area contributed by atoms with Crippen LogP contribution in [0.3, 0.4) is 0 Å². The minimum absolute atomic E-state index is 0.250. The molecule has 0 radical (unpaired) electrons. The first-order valence-corrected chi connectivity index (χ1v) is 3.77. The van der Waals surface area contributed by atoms with E-state index in [1.54, 1.807) is 13.8 Å². The fourth-order valence-corrected chi connectivity index (χ4v) is 0. The molecule has 6 nitrogen and oxygen atoms in total. The molecule has 0 atom stereocenters. The van der Waals surface area contributed by atoms with Gasteiger partial charge in [0.15, 0.2) is 5.96 Å². The van der Waals surface area contributed by atoms with Gasteiger partial charge in [0.05, 0.1) is 0 Å². The first kappa shape index (κ1) is 22.7. The van der Waals surface area contributed by atoms with E-state index in [1.165, 1.54) is 5.40 Å². The van der Waals surface area contributed by atoms with Crippen LogP contribution in [0, 0.1) is 16.1 Å². The second kappa shape index (κ2) is 43.9. The van der Waals surface area contributed by atoms with Gasteiger partial charge in [0.1, 0.15) is 5.40 Å². The lowest BCUT2D eigenvalue weighted by atomic mass is 10.9. The molecule has 0 aliphatic rings. The van der Waals surface area contributed by atoms with Gasteiger partial charge in [-0.05, 0) is 13.8 Å². The Hall–Kier alpha value is -0.970. The molecular weight excluding hydrogens is 192 g/mol. The van der Waals surface area contributed by atoms with Crippen molar-refractivity contribution in [3.8, 4) is 5.40 Å². The first-order valence-electron chi connectivity index (χ1n) is 3.32. The molecule has 0 spiro atoms. The van der Waals surface area contributed by atoms with Crippen molar-refractivity contribution in [3.05, 3.63) is 0 Å². The molecule has 0 aliphatic heterocycles. The summed E-state index contributed by atoms with van der Waals surface area (Å²) in [5.41, 5.74) is 8.94. The lowest BCUT2D eigenvalue weighted by molar-refractivity contribution is 0.318. The Kier molecular flexibility index (Phi) is 76.6. The van der Waals surface area contributed by atoms with Gasteiger partial charge >= 0.3 is 0 Å². The molecule has 0 saturated carbocycles. The van der Waals surface area contributed by atoms with Gasteiger partial charge in [-0.15, -0.1) is 0 Å². The van der Waals surface area contributed by atoms with Gasteiger partial charge in [0.2, 0.25) is 0 Å². The zero-order valence-corrected chi connectivity index (χ0v) is 8.75. The average Bonchev–Trinajstić information content (AvgIpc) is 1.88. The van der Waals surface area contributed by atoms with E-state index < -0.39 is 0 Å². The monoisotopic (exact) mass is 210 g/mol. The molecule has 0 saturated heterocycles. The average molecular weight is 210 g/mol. The summed E-state index contributed by atoms with van der Waals surface area (Å²) in [4.78, 5) is 0. The number of thiocyanates is 1. The molecule has 0 unspecified atom stereocenters. The summed E-state index contributed by atoms with van der Waals surface area (Å²) < 4.78 is 0. The Balaban J connectivity index is -0.0000000420. The molecule has 13 heavy (non-hydrogen) atoms. The third kappa shape index (κ3) is 956. The Morgan fingerprint density at radius 2 is 1.38 bits per heavy atom. The number of nitrogens with two attached hydrogens (primary N) is 2. The minimum atomic E-state index is -0.333. The quantitative estimate of drug-likeness (QED) is 0.135. The molecule has 80 valence electrons. The predicted octanol–water partition coefficient (Wildman–Crippen LogP) is -0.767. The van der Waals surface area contributed by atoms with Crippen LogP contribution in [0.4, 0.5) is 0 Å². The highest BCUT2D eigenvalue weighted by atomic mass is 32.1. The summed E-state index contributed by atoms with van der Waals surface area (Å²) in [6.07, 6.45) is 0. The fourth-order valence-electron chi connectivity index (χ4n) is 0. The summed E-state index contributed by atoms with van der Waals surface area (Å²) in [6, 6.07) is 0. The van der Waals surface area contributed by atoms with E-state index in [9.17, 15) is 0 Å². The summed E-state index contributed by atoms with van der Waals surface area (Å²) in [5, 5.41) is 29.8. The number of nitrogens with one attached hydrogen (secondary N) is 1. The highest BCUT2D eigenvalue weighted by molar-refractivity contribution is 7.85. The number of aliphatic hydroxyl groups is 2. The van der Waals surface area contributed by atoms with Crippen LogP contribution in [0.25, 0.3) is 0 Å². The number of guanidine groups is 1. The van der Waals surface area contributed by atoms with Gasteiger partial charge in [0.25, 0.3) is 0 Å². The van der Waals surface area contributed by atoms with Crippen LogP contribution in [-0.2, 0) is 0 Å². The zero-order chi connectivity index (χ0) is 11.7. The molecule has 0 aromatic carbocycles. The van der Waals surface area contributed by atoms with Gasteiger partial charge in [-0.3, -0.25) is 5.41 Å². The van der Waals surface area contributed by atoms with Crippen LogP contribution < -0.4 is 11.5 Å². The zero-order valence-electron chi connectivity index (χ0n) is 7.86. The Morgan fingerprint density at radius 1 is 1.38 bits per heavy atom. The van der Waals surface area contributed by atoms with Crippen molar-refractivity contribution in [1.29, 1.82) is 10.7 Å². The summed E-state index contributed by atoms with van der Waals surface area (Å²) >= 11 is 3.09. The number of hydrogen-bond acceptors (Lipinski definition) is 5. The molecule has 0 aliphatic carbocycles. The van der Waals surface area contributed by atoms with Crippen molar-refractivity contribution in [1.82, 2.24) is 0 Å². The van der Waals surface area contributed by atoms with Gasteiger partial charge in [-0.25, -0.2) is 0 Å². The number of hydrogen-bond donors (Lipinski definition) is 6. The number of nitriles is 1. The largest absolute Gasteiger partial charge is 0.397 e. The Labute approximate surface area is 84.1 Å². The lowest BCUT2D eigenvalue weighted by Crippen LogP contribution is -2.20. The molecule has 0 rings (SSSR count). The fraction of sp³-hybridized carbons (Fsp3) is 0.667. The predicted molar refractivity (Wildman–Crippen MR) is 56.2 cm³/mol. The van der Waals surface area contributed by atoms with Crippen molar-refractivity contribution in [2.45, 2.75) is 13.8 Å².